The minimum absolute atomic E-state index is 0.232. The molecule has 32 heavy (non-hydrogen) atoms. The molecule has 0 saturated carbocycles. The third kappa shape index (κ3) is 6.11. The zero-order valence-corrected chi connectivity index (χ0v) is 17.6. The fraction of sp³-hybridized carbons (Fsp3) is 0.100. The van der Waals surface area contributed by atoms with Gasteiger partial charge in [0.25, 0.3) is 0 Å². The number of aromatic nitrogens is 1. The van der Waals surface area contributed by atoms with Gasteiger partial charge in [-0.15, -0.1) is 13.2 Å². The Morgan fingerprint density at radius 3 is 2.44 bits per heavy atom. The van der Waals surface area contributed by atoms with Crippen LogP contribution in [0.15, 0.2) is 76.8 Å². The van der Waals surface area contributed by atoms with Gasteiger partial charge in [-0.25, -0.2) is 13.2 Å². The van der Waals surface area contributed by atoms with Gasteiger partial charge >= 0.3 is 12.4 Å². The molecule has 168 valence electrons. The highest BCUT2D eigenvalue weighted by Crippen LogP contribution is 2.33. The van der Waals surface area contributed by atoms with Crippen LogP contribution in [0.25, 0.3) is 0 Å². The minimum atomic E-state index is -4.99. The number of nitrogens with one attached hydrogen (secondary N) is 2. The summed E-state index contributed by atoms with van der Waals surface area (Å²) in [6.45, 7) is 0.237. The van der Waals surface area contributed by atoms with Crippen LogP contribution in [0, 0.1) is 0 Å². The topological polar surface area (TPSA) is 97.4 Å². The molecule has 0 unspecified atom stereocenters. The molecule has 7 nitrogen and oxygen atoms in total. The predicted octanol–water partition coefficient (Wildman–Crippen LogP) is 4.79. The Hall–Kier alpha value is -3.31. The lowest BCUT2D eigenvalue weighted by Crippen LogP contribution is -2.28. The Balaban J connectivity index is 1.72. The monoisotopic (exact) mass is 485 g/mol. The fourth-order valence-electron chi connectivity index (χ4n) is 2.59. The minimum Gasteiger partial charge on any atom is -0.406 e. The van der Waals surface area contributed by atoms with E-state index in [0.717, 1.165) is 17.7 Å². The molecule has 0 spiro atoms. The van der Waals surface area contributed by atoms with E-state index in [4.69, 9.17) is 11.6 Å². The average Bonchev–Trinajstić information content (AvgIpc) is 2.74. The number of hydrogen-bond donors (Lipinski definition) is 2. The largest absolute Gasteiger partial charge is 0.573 e. The summed E-state index contributed by atoms with van der Waals surface area (Å²) in [5, 5.41) is 4.89. The molecular formula is C20H15ClF3N3O4S. The molecule has 1 heterocycles. The lowest BCUT2D eigenvalue weighted by molar-refractivity contribution is -0.274. The lowest BCUT2D eigenvalue weighted by Gasteiger charge is -2.12. The molecule has 2 aromatic carbocycles. The van der Waals surface area contributed by atoms with Crippen LogP contribution in [0.2, 0.25) is 5.02 Å². The van der Waals surface area contributed by atoms with Crippen LogP contribution in [0.5, 0.6) is 5.75 Å². The molecular weight excluding hydrogens is 471 g/mol. The van der Waals surface area contributed by atoms with Crippen LogP contribution in [-0.4, -0.2) is 25.8 Å². The predicted molar refractivity (Wildman–Crippen MR) is 110 cm³/mol. The van der Waals surface area contributed by atoms with E-state index in [1.165, 1.54) is 24.3 Å². The first kappa shape index (κ1) is 23.4. The van der Waals surface area contributed by atoms with Crippen LogP contribution < -0.4 is 15.4 Å². The van der Waals surface area contributed by atoms with Gasteiger partial charge in [0, 0.05) is 30.7 Å². The van der Waals surface area contributed by atoms with Gasteiger partial charge in [0.2, 0.25) is 9.84 Å². The molecule has 0 fully saturated rings. The molecule has 12 heteroatoms. The molecule has 0 atom stereocenters. The highest BCUT2D eigenvalue weighted by Gasteiger charge is 2.32. The number of ether oxygens (including phenoxy) is 1. The van der Waals surface area contributed by atoms with Crippen molar-refractivity contribution < 1.29 is 31.1 Å². The van der Waals surface area contributed by atoms with Gasteiger partial charge in [0.05, 0.1) is 14.8 Å². The summed E-state index contributed by atoms with van der Waals surface area (Å²) < 4.78 is 66.8. The summed E-state index contributed by atoms with van der Waals surface area (Å²) >= 11 is 5.90. The molecule has 1 aromatic heterocycles. The molecule has 2 N–H and O–H groups in total. The van der Waals surface area contributed by atoms with Gasteiger partial charge in [-0.05, 0) is 48.0 Å². The number of amides is 2. The Kier molecular flexibility index (Phi) is 6.90. The second-order valence-electron chi connectivity index (χ2n) is 6.34. The highest BCUT2D eigenvalue weighted by atomic mass is 35.5. The number of nitrogens with zero attached hydrogens (tertiary/aromatic N) is 1. The van der Waals surface area contributed by atoms with Crippen molar-refractivity contribution in [3.63, 3.8) is 0 Å². The molecule has 0 aliphatic carbocycles. The number of hydrogen-bond acceptors (Lipinski definition) is 5. The normalized spacial score (nSPS) is 11.6. The lowest BCUT2D eigenvalue weighted by atomic mass is 10.3. The summed E-state index contributed by atoms with van der Waals surface area (Å²) in [6.07, 6.45) is -1.79. The Bertz CT molecular complexity index is 1210. The molecule has 0 radical (unpaired) electrons. The standard InChI is InChI=1S/C20H15ClF3N3O4S/c21-17-8-5-15(31-20(22,23)24)10-18(17)32(29,30)16-6-3-14(4-7-16)27-19(28)26-12-13-2-1-9-25-11-13/h1-11H,12H2,(H2,26,27,28). The van der Waals surface area contributed by atoms with Gasteiger partial charge in [-0.3, -0.25) is 4.98 Å². The number of urea groups is 1. The number of alkyl halides is 3. The molecule has 3 rings (SSSR count). The first-order chi connectivity index (χ1) is 15.0. The molecule has 0 aliphatic rings. The van der Waals surface area contributed by atoms with Crippen molar-refractivity contribution in [2.45, 2.75) is 22.7 Å². The van der Waals surface area contributed by atoms with Crippen LogP contribution in [0.3, 0.4) is 0 Å². The van der Waals surface area contributed by atoms with Crippen LogP contribution in [-0.2, 0) is 16.4 Å². The second-order valence-corrected chi connectivity index (χ2v) is 8.66. The number of anilines is 1. The summed E-state index contributed by atoms with van der Waals surface area (Å²) in [5.41, 5.74) is 1.09. The van der Waals surface area contributed by atoms with Crippen molar-refractivity contribution in [3.8, 4) is 5.75 Å². The quantitative estimate of drug-likeness (QED) is 0.523. The van der Waals surface area contributed by atoms with E-state index in [1.807, 2.05) is 0 Å². The number of benzene rings is 2. The molecule has 3 aromatic rings. The Morgan fingerprint density at radius 2 is 1.81 bits per heavy atom. The maximum Gasteiger partial charge on any atom is 0.573 e. The van der Waals surface area contributed by atoms with E-state index in [2.05, 4.69) is 20.4 Å². The van der Waals surface area contributed by atoms with Gasteiger partial charge in [0.15, 0.2) is 0 Å². The first-order valence-corrected chi connectivity index (χ1v) is 10.7. The van der Waals surface area contributed by atoms with Gasteiger partial charge < -0.3 is 15.4 Å². The number of sulfone groups is 1. The van der Waals surface area contributed by atoms with Crippen LogP contribution in [0.1, 0.15) is 5.56 Å². The number of pyridine rings is 1. The maximum atomic E-state index is 12.8. The van der Waals surface area contributed by atoms with E-state index in [1.54, 1.807) is 24.5 Å². The molecule has 2 amide bonds. The Labute approximate surface area is 186 Å². The zero-order chi connectivity index (χ0) is 23.4. The van der Waals surface area contributed by atoms with E-state index < -0.39 is 32.9 Å². The number of carbonyl (C=O) groups excluding carboxylic acids is 1. The summed E-state index contributed by atoms with van der Waals surface area (Å²) in [4.78, 5) is 15.2. The zero-order valence-electron chi connectivity index (χ0n) is 16.1. The van der Waals surface area contributed by atoms with E-state index in [9.17, 15) is 26.4 Å². The average molecular weight is 486 g/mol. The highest BCUT2D eigenvalue weighted by molar-refractivity contribution is 7.91. The van der Waals surface area contributed by atoms with E-state index >= 15 is 0 Å². The summed E-state index contributed by atoms with van der Waals surface area (Å²) in [7, 11) is -4.25. The maximum absolute atomic E-state index is 12.8. The number of halogens is 4. The number of rotatable bonds is 6. The van der Waals surface area contributed by atoms with E-state index in [-0.39, 0.29) is 16.5 Å². The summed E-state index contributed by atoms with van der Waals surface area (Å²) in [5.74, 6) is -0.718. The third-order valence-electron chi connectivity index (χ3n) is 4.02. The van der Waals surface area contributed by atoms with Gasteiger partial charge in [-0.2, -0.15) is 0 Å². The fourth-order valence-corrected chi connectivity index (χ4v) is 4.36. The van der Waals surface area contributed by atoms with Crippen molar-refractivity contribution in [1.82, 2.24) is 10.3 Å². The van der Waals surface area contributed by atoms with Gasteiger partial charge in [0.1, 0.15) is 5.75 Å². The van der Waals surface area contributed by atoms with Crippen molar-refractivity contribution in [2.24, 2.45) is 0 Å². The first-order valence-electron chi connectivity index (χ1n) is 8.89. The molecule has 0 bridgehead atoms. The second kappa shape index (κ2) is 9.45. The SMILES string of the molecule is O=C(NCc1cccnc1)Nc1ccc(S(=O)(=O)c2cc(OC(F)(F)F)ccc2Cl)cc1. The van der Waals surface area contributed by atoms with E-state index in [0.29, 0.717) is 11.8 Å². The van der Waals surface area contributed by atoms with Crippen molar-refractivity contribution in [1.29, 1.82) is 0 Å². The van der Waals surface area contributed by atoms with Gasteiger partial charge in [-0.1, -0.05) is 17.7 Å². The Morgan fingerprint density at radius 1 is 1.09 bits per heavy atom. The third-order valence-corrected chi connectivity index (χ3v) is 6.28. The van der Waals surface area contributed by atoms with Crippen LogP contribution >= 0.6 is 11.6 Å². The molecule has 0 aliphatic heterocycles. The smallest absolute Gasteiger partial charge is 0.406 e. The van der Waals surface area contributed by atoms with Crippen molar-refractivity contribution in [3.05, 3.63) is 77.6 Å². The van der Waals surface area contributed by atoms with Crippen LogP contribution in [0.4, 0.5) is 23.7 Å². The summed E-state index contributed by atoms with van der Waals surface area (Å²) in [6, 6.07) is 10.6. The van der Waals surface area contributed by atoms with Crippen molar-refractivity contribution >= 4 is 33.2 Å². The van der Waals surface area contributed by atoms with Crippen molar-refractivity contribution in [2.75, 3.05) is 5.32 Å². The number of carbonyl (C=O) groups is 1. The molecule has 0 saturated heterocycles.